The van der Waals surface area contributed by atoms with E-state index in [0.29, 0.717) is 18.8 Å². The number of nitrogens with zero attached hydrogens (tertiary/aromatic N) is 3. The minimum atomic E-state index is -0.0223. The molecule has 0 radical (unpaired) electrons. The van der Waals surface area contributed by atoms with Crippen molar-refractivity contribution in [1.29, 1.82) is 0 Å². The van der Waals surface area contributed by atoms with E-state index in [9.17, 15) is 4.79 Å². The molecule has 1 unspecified atom stereocenters. The monoisotopic (exact) mass is 398 g/mol. The Morgan fingerprint density at radius 1 is 1.43 bits per heavy atom. The standard InChI is InChI=1S/C16H19BrN4O.ClH/c1-16(10-18)6-8-20(11-16)15(22)14-5-7-21(19-14)13-4-2-3-12(17)9-13;/h2-5,7,9H,6,8,10-11,18H2,1H3;1H. The minimum Gasteiger partial charge on any atom is -0.337 e. The SMILES string of the molecule is CC1(CN)CCN(C(=O)c2ccn(-c3cccc(Br)c3)n2)C1.Cl. The van der Waals surface area contributed by atoms with E-state index in [1.54, 1.807) is 10.7 Å². The van der Waals surface area contributed by atoms with E-state index >= 15 is 0 Å². The highest BCUT2D eigenvalue weighted by Crippen LogP contribution is 2.29. The van der Waals surface area contributed by atoms with Crippen LogP contribution >= 0.6 is 28.3 Å². The predicted octanol–water partition coefficient (Wildman–Crippen LogP) is 2.87. The first kappa shape index (κ1) is 18.0. The topological polar surface area (TPSA) is 64.2 Å². The fraction of sp³-hybridized carbons (Fsp3) is 0.375. The summed E-state index contributed by atoms with van der Waals surface area (Å²) < 4.78 is 2.70. The van der Waals surface area contributed by atoms with Crippen LogP contribution in [0.15, 0.2) is 41.0 Å². The van der Waals surface area contributed by atoms with Gasteiger partial charge in [-0.1, -0.05) is 28.9 Å². The van der Waals surface area contributed by atoms with E-state index in [4.69, 9.17) is 5.73 Å². The lowest BCUT2D eigenvalue weighted by Gasteiger charge is -2.22. The largest absolute Gasteiger partial charge is 0.337 e. The van der Waals surface area contributed by atoms with E-state index in [1.807, 2.05) is 35.4 Å². The zero-order chi connectivity index (χ0) is 15.7. The van der Waals surface area contributed by atoms with Gasteiger partial charge in [-0.15, -0.1) is 12.4 Å². The van der Waals surface area contributed by atoms with Crippen LogP contribution in [0.25, 0.3) is 5.69 Å². The molecule has 23 heavy (non-hydrogen) atoms. The van der Waals surface area contributed by atoms with Crippen molar-refractivity contribution in [1.82, 2.24) is 14.7 Å². The Bertz CT molecular complexity index is 705. The Balaban J connectivity index is 0.00000192. The lowest BCUT2D eigenvalue weighted by Crippen LogP contribution is -2.34. The Kier molecular flexibility index (Phi) is 5.49. The summed E-state index contributed by atoms with van der Waals surface area (Å²) >= 11 is 3.44. The fourth-order valence-corrected chi connectivity index (χ4v) is 3.11. The summed E-state index contributed by atoms with van der Waals surface area (Å²) in [6, 6.07) is 9.57. The summed E-state index contributed by atoms with van der Waals surface area (Å²) in [6.07, 6.45) is 2.76. The molecule has 1 aromatic carbocycles. The minimum absolute atomic E-state index is 0. The number of halogens is 2. The van der Waals surface area contributed by atoms with Crippen molar-refractivity contribution >= 4 is 34.2 Å². The molecule has 1 aliphatic rings. The molecule has 1 fully saturated rings. The average molecular weight is 400 g/mol. The number of amides is 1. The molecule has 1 saturated heterocycles. The maximum Gasteiger partial charge on any atom is 0.274 e. The van der Waals surface area contributed by atoms with Gasteiger partial charge < -0.3 is 10.6 Å². The van der Waals surface area contributed by atoms with Crippen molar-refractivity contribution in [3.8, 4) is 5.69 Å². The number of nitrogens with two attached hydrogens (primary N) is 1. The third kappa shape index (κ3) is 3.76. The highest BCUT2D eigenvalue weighted by molar-refractivity contribution is 9.10. The summed E-state index contributed by atoms with van der Waals surface area (Å²) in [4.78, 5) is 14.4. The normalized spacial score (nSPS) is 20.4. The van der Waals surface area contributed by atoms with E-state index in [2.05, 4.69) is 28.0 Å². The molecule has 1 amide bonds. The molecule has 1 aromatic heterocycles. The van der Waals surface area contributed by atoms with Crippen LogP contribution in [0.1, 0.15) is 23.8 Å². The molecule has 2 N–H and O–H groups in total. The third-order valence-corrected chi connectivity index (χ3v) is 4.71. The van der Waals surface area contributed by atoms with Crippen molar-refractivity contribution in [3.63, 3.8) is 0 Å². The molecule has 7 heteroatoms. The van der Waals surface area contributed by atoms with Crippen molar-refractivity contribution in [2.24, 2.45) is 11.1 Å². The van der Waals surface area contributed by atoms with Gasteiger partial charge in [-0.05, 0) is 42.6 Å². The summed E-state index contributed by atoms with van der Waals surface area (Å²) in [5, 5.41) is 4.41. The van der Waals surface area contributed by atoms with Gasteiger partial charge in [0.05, 0.1) is 5.69 Å². The Labute approximate surface area is 150 Å². The number of carbonyl (C=O) groups is 1. The highest BCUT2D eigenvalue weighted by Gasteiger charge is 2.35. The maximum absolute atomic E-state index is 12.6. The van der Waals surface area contributed by atoms with Crippen LogP contribution in [0.4, 0.5) is 0 Å². The van der Waals surface area contributed by atoms with Crippen LogP contribution < -0.4 is 5.73 Å². The Morgan fingerprint density at radius 3 is 2.87 bits per heavy atom. The number of rotatable bonds is 3. The fourth-order valence-electron chi connectivity index (χ4n) is 2.73. The van der Waals surface area contributed by atoms with Gasteiger partial charge >= 0.3 is 0 Å². The molecule has 3 rings (SSSR count). The predicted molar refractivity (Wildman–Crippen MR) is 96.2 cm³/mol. The van der Waals surface area contributed by atoms with Crippen LogP contribution in [-0.4, -0.2) is 40.2 Å². The molecule has 2 heterocycles. The van der Waals surface area contributed by atoms with Crippen molar-refractivity contribution < 1.29 is 4.79 Å². The van der Waals surface area contributed by atoms with Gasteiger partial charge in [0.2, 0.25) is 0 Å². The first-order chi connectivity index (χ1) is 10.5. The van der Waals surface area contributed by atoms with Gasteiger partial charge in [0.15, 0.2) is 5.69 Å². The number of hydrogen-bond acceptors (Lipinski definition) is 3. The lowest BCUT2D eigenvalue weighted by molar-refractivity contribution is 0.0770. The summed E-state index contributed by atoms with van der Waals surface area (Å²) in [5.41, 5.74) is 7.22. The number of hydrogen-bond donors (Lipinski definition) is 1. The van der Waals surface area contributed by atoms with Gasteiger partial charge in [-0.25, -0.2) is 4.68 Å². The first-order valence-corrected chi connectivity index (χ1v) is 8.11. The van der Waals surface area contributed by atoms with Gasteiger partial charge in [0.25, 0.3) is 5.91 Å². The molecule has 5 nitrogen and oxygen atoms in total. The van der Waals surface area contributed by atoms with Crippen LogP contribution in [0.3, 0.4) is 0 Å². The summed E-state index contributed by atoms with van der Waals surface area (Å²) in [5.74, 6) is -0.0223. The van der Waals surface area contributed by atoms with Gasteiger partial charge in [-0.2, -0.15) is 5.10 Å². The number of likely N-dealkylation sites (tertiary alicyclic amines) is 1. The third-order valence-electron chi connectivity index (χ3n) is 4.22. The van der Waals surface area contributed by atoms with E-state index in [0.717, 1.165) is 23.1 Å². The second kappa shape index (κ2) is 7.03. The van der Waals surface area contributed by atoms with Crippen LogP contribution in [0.2, 0.25) is 0 Å². The molecular formula is C16H20BrClN4O. The quantitative estimate of drug-likeness (QED) is 0.863. The lowest BCUT2D eigenvalue weighted by atomic mass is 9.90. The van der Waals surface area contributed by atoms with Crippen molar-refractivity contribution in [3.05, 3.63) is 46.7 Å². The molecule has 2 aromatic rings. The van der Waals surface area contributed by atoms with E-state index in [-0.39, 0.29) is 23.7 Å². The van der Waals surface area contributed by atoms with Crippen LogP contribution in [0, 0.1) is 5.41 Å². The second-order valence-electron chi connectivity index (χ2n) is 6.12. The molecule has 1 aliphatic heterocycles. The Morgan fingerprint density at radius 2 is 2.22 bits per heavy atom. The molecule has 1 atom stereocenters. The van der Waals surface area contributed by atoms with E-state index < -0.39 is 0 Å². The maximum atomic E-state index is 12.6. The van der Waals surface area contributed by atoms with Gasteiger partial charge in [0.1, 0.15) is 0 Å². The van der Waals surface area contributed by atoms with Crippen LogP contribution in [0.5, 0.6) is 0 Å². The molecule has 0 saturated carbocycles. The average Bonchev–Trinajstić information content (AvgIpc) is 3.14. The van der Waals surface area contributed by atoms with Crippen LogP contribution in [-0.2, 0) is 0 Å². The second-order valence-corrected chi connectivity index (χ2v) is 7.03. The van der Waals surface area contributed by atoms with Crippen molar-refractivity contribution in [2.75, 3.05) is 19.6 Å². The molecular weight excluding hydrogens is 380 g/mol. The molecule has 0 spiro atoms. The first-order valence-electron chi connectivity index (χ1n) is 7.32. The van der Waals surface area contributed by atoms with Gasteiger partial charge in [0, 0.05) is 23.8 Å². The highest BCUT2D eigenvalue weighted by atomic mass is 79.9. The summed E-state index contributed by atoms with van der Waals surface area (Å²) in [7, 11) is 0. The zero-order valence-corrected chi connectivity index (χ0v) is 15.3. The van der Waals surface area contributed by atoms with Crippen molar-refractivity contribution in [2.45, 2.75) is 13.3 Å². The van der Waals surface area contributed by atoms with E-state index in [1.165, 1.54) is 0 Å². The Hall–Kier alpha value is -1.37. The zero-order valence-electron chi connectivity index (χ0n) is 12.9. The molecule has 0 aliphatic carbocycles. The summed E-state index contributed by atoms with van der Waals surface area (Å²) in [6.45, 7) is 4.17. The molecule has 124 valence electrons. The molecule has 0 bridgehead atoms. The number of aromatic nitrogens is 2. The number of benzene rings is 1. The van der Waals surface area contributed by atoms with Gasteiger partial charge in [-0.3, -0.25) is 4.79 Å². The smallest absolute Gasteiger partial charge is 0.274 e. The number of carbonyl (C=O) groups excluding carboxylic acids is 1.